The Hall–Kier alpha value is -12.8. The molecule has 102 heavy (non-hydrogen) atoms. The number of carbonyl (C=O) groups excluding carboxylic acids is 8. The fourth-order valence-corrected chi connectivity index (χ4v) is 14.4. The summed E-state index contributed by atoms with van der Waals surface area (Å²) in [4.78, 5) is 165. The molecule has 2 unspecified atom stereocenters. The van der Waals surface area contributed by atoms with Crippen LogP contribution in [0.2, 0.25) is 0 Å². The second-order valence-electron chi connectivity index (χ2n) is 22.7. The van der Waals surface area contributed by atoms with E-state index in [0.29, 0.717) is 22.4 Å². The first-order valence-electron chi connectivity index (χ1n) is 30.2. The zero-order valence-corrected chi connectivity index (χ0v) is 54.9. The second kappa shape index (κ2) is 32.7. The number of primary amides is 2. The number of nitrogens with two attached hydrogens (primary N) is 2. The van der Waals surface area contributed by atoms with Crippen molar-refractivity contribution in [3.8, 4) is 11.5 Å². The number of ether oxygens (including phenoxy) is 6. The van der Waals surface area contributed by atoms with E-state index < -0.39 is 109 Å². The summed E-state index contributed by atoms with van der Waals surface area (Å²) in [6.45, 7) is 2.73. The second-order valence-corrected chi connectivity index (χ2v) is 25.9. The third-order valence-electron chi connectivity index (χ3n) is 16.0. The van der Waals surface area contributed by atoms with Crippen molar-refractivity contribution >= 4 is 94.9 Å². The number of thioether (sulfide) groups is 2. The minimum absolute atomic E-state index is 0.0140. The van der Waals surface area contributed by atoms with E-state index >= 15 is 0 Å². The van der Waals surface area contributed by atoms with Crippen molar-refractivity contribution < 1.29 is 76.6 Å². The number of nitro groups is 2. The molecule has 4 N–H and O–H groups in total. The molecule has 520 valence electrons. The first kappa shape index (κ1) is 73.4. The van der Waals surface area contributed by atoms with Gasteiger partial charge in [-0.15, -0.1) is 23.5 Å². The topological polar surface area (TPSA) is 431 Å². The minimum Gasteiger partial charge on any atom is -0.451 e. The fourth-order valence-electron chi connectivity index (χ4n) is 11.2. The lowest BCUT2D eigenvalue weighted by Crippen LogP contribution is -2.60. The van der Waals surface area contributed by atoms with Gasteiger partial charge in [-0.3, -0.25) is 44.6 Å². The summed E-state index contributed by atoms with van der Waals surface area (Å²) >= 11 is 2.46. The lowest BCUT2D eigenvalue weighted by atomic mass is 9.93. The molecule has 12 rings (SSSR count). The molecule has 4 amide bonds. The largest absolute Gasteiger partial charge is 0.513 e. The summed E-state index contributed by atoms with van der Waals surface area (Å²) in [5, 5.41) is 20.7. The number of aromatic nitrogens is 2. The van der Waals surface area contributed by atoms with Crippen molar-refractivity contribution in [2.24, 2.45) is 11.5 Å². The highest BCUT2D eigenvalue weighted by Gasteiger charge is 2.66. The van der Waals surface area contributed by atoms with E-state index in [1.54, 1.807) is 19.9 Å². The normalized spacial score (nSPS) is 19.6. The molecule has 30 nitrogen and oxygen atoms in total. The van der Waals surface area contributed by atoms with Crippen LogP contribution in [0, 0.1) is 40.1 Å². The summed E-state index contributed by atoms with van der Waals surface area (Å²) in [5.74, 6) is -3.65. The number of amides is 4. The molecule has 0 radical (unpaired) electrons. The lowest BCUT2D eigenvalue weighted by Gasteiger charge is -2.40. The predicted octanol–water partition coefficient (Wildman–Crippen LogP) is 10.3. The number of nitro benzene ring substituents is 2. The highest BCUT2D eigenvalue weighted by molar-refractivity contribution is 8.02. The van der Waals surface area contributed by atoms with Crippen LogP contribution >= 0.6 is 23.5 Å². The number of pyridine rings is 2. The Morgan fingerprint density at radius 1 is 0.520 bits per heavy atom. The lowest BCUT2D eigenvalue weighted by molar-refractivity contribution is -0.385. The Kier molecular flexibility index (Phi) is 23.5. The van der Waals surface area contributed by atoms with Crippen molar-refractivity contribution in [1.82, 2.24) is 19.8 Å². The zero-order chi connectivity index (χ0) is 73.4. The van der Waals surface area contributed by atoms with Crippen LogP contribution in [0.25, 0.3) is 12.2 Å². The van der Waals surface area contributed by atoms with Crippen molar-refractivity contribution in [1.29, 1.82) is 0 Å². The Balaban J connectivity index is 0.000000240. The Morgan fingerprint density at radius 3 is 1.24 bits per heavy atom. The molecule has 4 aliphatic rings. The summed E-state index contributed by atoms with van der Waals surface area (Å²) in [7, 11) is 0. The van der Waals surface area contributed by atoms with Crippen molar-refractivity contribution in [2.75, 3.05) is 13.2 Å². The Labute approximate surface area is 585 Å². The molecular formula is C70H56N8O22S2. The maximum atomic E-state index is 14.4. The van der Waals surface area contributed by atoms with Crippen LogP contribution in [0.5, 0.6) is 11.5 Å². The highest BCUT2D eigenvalue weighted by atomic mass is 32.2. The molecule has 2 aromatic heterocycles. The number of β-lactam (4-membered cyclic amide) rings is 2. The SMILES string of the molecule is C[C@@]1(COC(=O)Oc2ccc([N+](=O)[O-])cc2)SC2/C(=C\c3cc(C(=O)Oc4ccc([N+](=O)[O-])cc4)ccn3)C(=O)N2[C@H]1C(=O)OC(c1ccccc1)c1ccccc1.C[C@@]1(COC(N)=O)SC2/C(=C\c3cc(C(N)=O)ccn3)C(=O)N2[C@H]1C(=O)OC(c1ccccc1)c1ccccc1.O=O.O=O. The third-order valence-corrected chi connectivity index (χ3v) is 19.1. The number of fused-ring (bicyclic) bond motifs is 2. The fraction of sp³-hybridized carbons (Fsp3) is 0.171. The molecule has 32 heteroatoms. The van der Waals surface area contributed by atoms with Crippen LogP contribution in [0.1, 0.15) is 80.4 Å². The third kappa shape index (κ3) is 16.6. The Bertz CT molecular complexity index is 4450. The van der Waals surface area contributed by atoms with E-state index in [9.17, 15) is 58.6 Å². The van der Waals surface area contributed by atoms with Gasteiger partial charge in [0.15, 0.2) is 12.2 Å². The van der Waals surface area contributed by atoms with Crippen molar-refractivity contribution in [2.45, 2.75) is 58.4 Å². The van der Waals surface area contributed by atoms with Crippen LogP contribution in [0.3, 0.4) is 0 Å². The molecule has 8 aromatic rings. The first-order chi connectivity index (χ1) is 49.1. The number of benzene rings is 6. The van der Waals surface area contributed by atoms with E-state index in [-0.39, 0.29) is 51.9 Å². The van der Waals surface area contributed by atoms with E-state index in [2.05, 4.69) is 9.97 Å². The number of rotatable bonds is 20. The summed E-state index contributed by atoms with van der Waals surface area (Å²) in [6.07, 6.45) is 2.09. The first-order valence-corrected chi connectivity index (χ1v) is 31.9. The van der Waals surface area contributed by atoms with Crippen LogP contribution < -0.4 is 20.9 Å². The number of hydrogen-bond acceptors (Lipinski definition) is 26. The molecule has 6 atom stereocenters. The number of non-ortho nitro benzene ring substituents is 2. The van der Waals surface area contributed by atoms with Crippen molar-refractivity contribution in [3.05, 3.63) is 303 Å². The number of esters is 3. The van der Waals surface area contributed by atoms with Gasteiger partial charge in [0, 0.05) is 62.1 Å². The van der Waals surface area contributed by atoms with Gasteiger partial charge in [0.1, 0.15) is 47.5 Å². The van der Waals surface area contributed by atoms with Gasteiger partial charge in [0.2, 0.25) is 5.91 Å². The molecule has 0 saturated carbocycles. The number of nitrogens with zero attached hydrogens (tertiary/aromatic N) is 6. The monoisotopic (exact) mass is 1420 g/mol. The van der Waals surface area contributed by atoms with Gasteiger partial charge in [-0.2, -0.15) is 0 Å². The number of hydrogen-bond donors (Lipinski definition) is 2. The Morgan fingerprint density at radius 2 is 0.873 bits per heavy atom. The van der Waals surface area contributed by atoms with Gasteiger partial charge in [-0.05, 0) is 96.8 Å². The average molecular weight is 1430 g/mol. The van der Waals surface area contributed by atoms with Gasteiger partial charge in [0.05, 0.1) is 47.4 Å². The van der Waals surface area contributed by atoms with E-state index in [0.717, 1.165) is 23.3 Å². The van der Waals surface area contributed by atoms with Crippen LogP contribution in [-0.4, -0.2) is 123 Å². The van der Waals surface area contributed by atoms with E-state index in [4.69, 9.17) is 59.7 Å². The van der Waals surface area contributed by atoms with Gasteiger partial charge in [0.25, 0.3) is 23.2 Å². The van der Waals surface area contributed by atoms with E-state index in [1.807, 2.05) is 121 Å². The molecule has 0 aliphatic carbocycles. The zero-order valence-electron chi connectivity index (χ0n) is 53.3. The molecule has 4 aliphatic heterocycles. The number of carbonyl (C=O) groups is 8. The summed E-state index contributed by atoms with van der Waals surface area (Å²) in [5.41, 5.74) is 14.7. The quantitative estimate of drug-likeness (QED) is 0.0105. The summed E-state index contributed by atoms with van der Waals surface area (Å²) in [6, 6.07) is 49.9. The van der Waals surface area contributed by atoms with Crippen LogP contribution in [0.15, 0.2) is 218 Å². The molecule has 0 bridgehead atoms. The molecule has 6 aromatic carbocycles. The molecule has 4 saturated heterocycles. The predicted molar refractivity (Wildman–Crippen MR) is 368 cm³/mol. The standard InChI is InChI=1S/C41H30N4O12S.C29H26N4O6S.2O2/c1-41(24-54-40(49)56-32-18-14-30(15-19-32)45(52)53)35(39(48)57-34(25-8-4-2-5-9-25)26-10-6-3-7-11-26)43-36(46)33(37(43)58-41)23-28-22-27(20-21-42-28)38(47)55-31-16-12-29(13-17-31)44(50)51;1-29(16-38-28(31)37)23(27(36)39-22(17-8-4-2-5-9-17)18-10-6-3-7-11-18)33-25(35)21(26(33)40-29)15-20-14-19(24(30)34)12-13-32-20;2*1-2/h2-23,34-35,37H,24H2,1H3;2-15,22-23,26H,16H2,1H3,(H2,30,34)(H2,31,37);;/b33-23-;21-15-;;/t35-,37?,41-;23-,26?,29-;;/m00../s1. The molecule has 4 fully saturated rings. The molecular weight excluding hydrogens is 1370 g/mol. The molecule has 0 spiro atoms. The maximum absolute atomic E-state index is 14.4. The maximum Gasteiger partial charge on any atom is 0.513 e. The van der Waals surface area contributed by atoms with Crippen LogP contribution in [-0.2, 0) is 38.1 Å². The van der Waals surface area contributed by atoms with Gasteiger partial charge in [-0.1, -0.05) is 121 Å². The molecule has 6 heterocycles. The van der Waals surface area contributed by atoms with Gasteiger partial charge < -0.3 is 49.7 Å². The van der Waals surface area contributed by atoms with Gasteiger partial charge >= 0.3 is 30.2 Å². The minimum atomic E-state index is -1.29. The van der Waals surface area contributed by atoms with Gasteiger partial charge in [-0.25, -0.2) is 24.0 Å². The average Bonchev–Trinajstić information content (AvgIpc) is 1.56. The summed E-state index contributed by atoms with van der Waals surface area (Å²) < 4.78 is 31.2. The van der Waals surface area contributed by atoms with Crippen molar-refractivity contribution in [3.63, 3.8) is 0 Å². The van der Waals surface area contributed by atoms with Crippen LogP contribution in [0.4, 0.5) is 21.0 Å². The highest BCUT2D eigenvalue weighted by Crippen LogP contribution is 2.56. The smallest absolute Gasteiger partial charge is 0.451 e. The van der Waals surface area contributed by atoms with E-state index in [1.165, 1.54) is 112 Å².